The van der Waals surface area contributed by atoms with E-state index in [1.165, 1.54) is 0 Å². The molecule has 1 atom stereocenters. The minimum absolute atomic E-state index is 0.0110. The molecule has 1 unspecified atom stereocenters. The number of carbonyl (C=O) groups is 1. The van der Waals surface area contributed by atoms with E-state index in [1.54, 1.807) is 30.0 Å². The van der Waals surface area contributed by atoms with E-state index >= 15 is 0 Å². The number of aliphatic hydroxyl groups excluding tert-OH is 1. The fourth-order valence-corrected chi connectivity index (χ4v) is 3.19. The second-order valence-electron chi connectivity index (χ2n) is 4.14. The molecule has 100 valence electrons. The first kappa shape index (κ1) is 14.3. The highest BCUT2D eigenvalue weighted by Crippen LogP contribution is 2.28. The maximum absolute atomic E-state index is 12.1. The van der Waals surface area contributed by atoms with E-state index in [9.17, 15) is 4.79 Å². The van der Waals surface area contributed by atoms with Gasteiger partial charge in [0.05, 0.1) is 10.9 Å². The number of aliphatic hydroxyl groups is 1. The molecule has 19 heavy (non-hydrogen) atoms. The quantitative estimate of drug-likeness (QED) is 0.824. The van der Waals surface area contributed by atoms with Crippen molar-refractivity contribution < 1.29 is 9.90 Å². The number of anilines is 1. The van der Waals surface area contributed by atoms with Gasteiger partial charge in [0.1, 0.15) is 6.61 Å². The molecule has 2 rings (SSSR count). The SMILES string of the molecule is O=C(Nc1ccc(Cl)cc1C#CCO)C1CCCS1. The average Bonchev–Trinajstić information content (AvgIpc) is 2.93. The predicted octanol–water partition coefficient (Wildman–Crippen LogP) is 2.52. The number of rotatable bonds is 2. The third-order valence-corrected chi connectivity index (χ3v) is 4.38. The van der Waals surface area contributed by atoms with Crippen molar-refractivity contribution in [3.05, 3.63) is 28.8 Å². The molecule has 5 heteroatoms. The highest BCUT2D eigenvalue weighted by Gasteiger charge is 2.23. The van der Waals surface area contributed by atoms with Gasteiger partial charge in [0.15, 0.2) is 0 Å². The van der Waals surface area contributed by atoms with Crippen LogP contribution in [0.4, 0.5) is 5.69 Å². The van der Waals surface area contributed by atoms with Crippen molar-refractivity contribution >= 4 is 35.0 Å². The molecule has 0 spiro atoms. The van der Waals surface area contributed by atoms with Crippen LogP contribution in [0.15, 0.2) is 18.2 Å². The Morgan fingerprint density at radius 3 is 3.11 bits per heavy atom. The number of halogens is 1. The standard InChI is InChI=1S/C14H14ClNO2S/c15-11-5-6-12(10(9-11)3-1-7-17)16-14(18)13-4-2-8-19-13/h5-6,9,13,17H,2,4,7-8H2,(H,16,18). The number of carbonyl (C=O) groups excluding carboxylic acids is 1. The van der Waals surface area contributed by atoms with Gasteiger partial charge in [0.2, 0.25) is 5.91 Å². The van der Waals surface area contributed by atoms with Crippen molar-refractivity contribution in [1.29, 1.82) is 0 Å². The maximum atomic E-state index is 12.1. The molecule has 0 aliphatic carbocycles. The van der Waals surface area contributed by atoms with Crippen LogP contribution in [0.2, 0.25) is 5.02 Å². The van der Waals surface area contributed by atoms with E-state index < -0.39 is 0 Å². The Balaban J connectivity index is 2.16. The fourth-order valence-electron chi connectivity index (χ4n) is 1.86. The first-order valence-corrected chi connectivity index (χ1v) is 7.45. The van der Waals surface area contributed by atoms with Crippen LogP contribution in [0.3, 0.4) is 0 Å². The molecule has 1 amide bonds. The van der Waals surface area contributed by atoms with Crippen molar-refractivity contribution in [2.24, 2.45) is 0 Å². The van der Waals surface area contributed by atoms with Crippen molar-refractivity contribution in [3.63, 3.8) is 0 Å². The zero-order valence-electron chi connectivity index (χ0n) is 10.3. The first-order valence-electron chi connectivity index (χ1n) is 6.02. The maximum Gasteiger partial charge on any atom is 0.237 e. The van der Waals surface area contributed by atoms with E-state index in [-0.39, 0.29) is 17.8 Å². The number of benzene rings is 1. The molecule has 1 heterocycles. The lowest BCUT2D eigenvalue weighted by Crippen LogP contribution is -2.23. The van der Waals surface area contributed by atoms with Gasteiger partial charge in [-0.25, -0.2) is 0 Å². The zero-order valence-corrected chi connectivity index (χ0v) is 11.9. The van der Waals surface area contributed by atoms with Crippen molar-refractivity contribution in [2.75, 3.05) is 17.7 Å². The van der Waals surface area contributed by atoms with E-state index in [1.807, 2.05) is 0 Å². The highest BCUT2D eigenvalue weighted by atomic mass is 35.5. The summed E-state index contributed by atoms with van der Waals surface area (Å²) in [6, 6.07) is 5.13. The van der Waals surface area contributed by atoms with Crippen LogP contribution in [0.25, 0.3) is 0 Å². The Labute approximate surface area is 121 Å². The molecule has 1 aromatic carbocycles. The Morgan fingerprint density at radius 1 is 1.58 bits per heavy atom. The highest BCUT2D eigenvalue weighted by molar-refractivity contribution is 8.00. The van der Waals surface area contributed by atoms with Gasteiger partial charge in [0, 0.05) is 10.6 Å². The van der Waals surface area contributed by atoms with E-state index in [0.29, 0.717) is 16.3 Å². The molecular weight excluding hydrogens is 282 g/mol. The van der Waals surface area contributed by atoms with Gasteiger partial charge in [0.25, 0.3) is 0 Å². The van der Waals surface area contributed by atoms with Crippen LogP contribution in [-0.2, 0) is 4.79 Å². The van der Waals surface area contributed by atoms with Gasteiger partial charge < -0.3 is 10.4 Å². The molecule has 0 saturated carbocycles. The first-order chi connectivity index (χ1) is 9.20. The summed E-state index contributed by atoms with van der Waals surface area (Å²) < 4.78 is 0. The lowest BCUT2D eigenvalue weighted by molar-refractivity contribution is -0.115. The van der Waals surface area contributed by atoms with Crippen LogP contribution in [0.5, 0.6) is 0 Å². The minimum Gasteiger partial charge on any atom is -0.384 e. The summed E-state index contributed by atoms with van der Waals surface area (Å²) in [5.41, 5.74) is 1.26. The molecule has 1 saturated heterocycles. The van der Waals surface area contributed by atoms with Crippen LogP contribution in [0.1, 0.15) is 18.4 Å². The van der Waals surface area contributed by atoms with Gasteiger partial charge >= 0.3 is 0 Å². The van der Waals surface area contributed by atoms with Gasteiger partial charge in [-0.2, -0.15) is 0 Å². The van der Waals surface area contributed by atoms with Crippen molar-refractivity contribution in [2.45, 2.75) is 18.1 Å². The van der Waals surface area contributed by atoms with Crippen molar-refractivity contribution in [3.8, 4) is 11.8 Å². The minimum atomic E-state index is -0.224. The zero-order chi connectivity index (χ0) is 13.7. The lowest BCUT2D eigenvalue weighted by Gasteiger charge is -2.11. The van der Waals surface area contributed by atoms with Gasteiger partial charge in [-0.05, 0) is 36.8 Å². The molecule has 0 aromatic heterocycles. The lowest BCUT2D eigenvalue weighted by atomic mass is 10.1. The van der Waals surface area contributed by atoms with Crippen LogP contribution >= 0.6 is 23.4 Å². The Hall–Kier alpha value is -1.15. The molecule has 1 aliphatic rings. The number of hydrogen-bond donors (Lipinski definition) is 2. The number of nitrogens with one attached hydrogen (secondary N) is 1. The summed E-state index contributed by atoms with van der Waals surface area (Å²) >= 11 is 7.59. The topological polar surface area (TPSA) is 49.3 Å². The number of thioether (sulfide) groups is 1. The third kappa shape index (κ3) is 3.90. The van der Waals surface area contributed by atoms with Crippen LogP contribution in [0, 0.1) is 11.8 Å². The Morgan fingerprint density at radius 2 is 2.42 bits per heavy atom. The van der Waals surface area contributed by atoms with E-state index in [0.717, 1.165) is 18.6 Å². The molecular formula is C14H14ClNO2S. The molecule has 2 N–H and O–H groups in total. The summed E-state index contributed by atoms with van der Waals surface area (Å²) in [5.74, 6) is 6.41. The van der Waals surface area contributed by atoms with Gasteiger partial charge in [-0.15, -0.1) is 11.8 Å². The molecule has 3 nitrogen and oxygen atoms in total. The summed E-state index contributed by atoms with van der Waals surface area (Å²) in [7, 11) is 0. The Kier molecular flexibility index (Phi) is 5.15. The van der Waals surface area contributed by atoms with Crippen LogP contribution < -0.4 is 5.32 Å². The molecule has 0 radical (unpaired) electrons. The second-order valence-corrected chi connectivity index (χ2v) is 5.89. The average molecular weight is 296 g/mol. The normalized spacial score (nSPS) is 17.7. The summed E-state index contributed by atoms with van der Waals surface area (Å²) in [5, 5.41) is 12.2. The number of hydrogen-bond acceptors (Lipinski definition) is 3. The van der Waals surface area contributed by atoms with Gasteiger partial charge in [-0.3, -0.25) is 4.79 Å². The van der Waals surface area contributed by atoms with Crippen LogP contribution in [-0.4, -0.2) is 28.6 Å². The third-order valence-electron chi connectivity index (χ3n) is 2.76. The predicted molar refractivity (Wildman–Crippen MR) is 79.5 cm³/mol. The summed E-state index contributed by atoms with van der Waals surface area (Å²) in [6.45, 7) is -0.224. The molecule has 1 aromatic rings. The smallest absolute Gasteiger partial charge is 0.237 e. The number of amides is 1. The molecule has 0 bridgehead atoms. The summed E-state index contributed by atoms with van der Waals surface area (Å²) in [4.78, 5) is 12.1. The van der Waals surface area contributed by atoms with Gasteiger partial charge in [-0.1, -0.05) is 23.4 Å². The second kappa shape index (κ2) is 6.85. The van der Waals surface area contributed by atoms with Crippen molar-refractivity contribution in [1.82, 2.24) is 0 Å². The largest absolute Gasteiger partial charge is 0.384 e. The molecule has 1 fully saturated rings. The Bertz CT molecular complexity index is 530. The van der Waals surface area contributed by atoms with E-state index in [4.69, 9.17) is 16.7 Å². The monoisotopic (exact) mass is 295 g/mol. The fraction of sp³-hybridized carbons (Fsp3) is 0.357. The van der Waals surface area contributed by atoms with E-state index in [2.05, 4.69) is 17.2 Å². The molecule has 1 aliphatic heterocycles. The summed E-state index contributed by atoms with van der Waals surface area (Å²) in [6.07, 6.45) is 2.00.